The standard InChI is InChI=1S/C22H25Cl2N3O4S/c23-16-10-11-19(18(24)15-16)31-14-6-13-25-21(28)9-2-1-5-12-26-22-17-7-3-4-8-20(17)32(29,30)27-22/h3-4,7-8,10-11,15H,1-2,5-6,9,12-14H2,(H,25,28)(H,26,27). The van der Waals surface area contributed by atoms with Gasteiger partial charge >= 0.3 is 0 Å². The maximum Gasteiger partial charge on any atom is 0.263 e. The molecule has 0 unspecified atom stereocenters. The second-order valence-electron chi connectivity index (χ2n) is 7.27. The Morgan fingerprint density at radius 1 is 1.06 bits per heavy atom. The molecule has 10 heteroatoms. The lowest BCUT2D eigenvalue weighted by Crippen LogP contribution is -2.25. The number of rotatable bonds is 11. The summed E-state index contributed by atoms with van der Waals surface area (Å²) in [5.74, 6) is 0.957. The second kappa shape index (κ2) is 11.5. The molecular formula is C22H25Cl2N3O4S. The summed E-state index contributed by atoms with van der Waals surface area (Å²) in [7, 11) is -3.50. The van der Waals surface area contributed by atoms with E-state index in [9.17, 15) is 13.2 Å². The van der Waals surface area contributed by atoms with Gasteiger partial charge in [-0.15, -0.1) is 0 Å². The zero-order chi connectivity index (χ0) is 23.0. The maximum atomic E-state index is 12.0. The third-order valence-corrected chi connectivity index (χ3v) is 6.72. The van der Waals surface area contributed by atoms with E-state index in [1.807, 2.05) is 0 Å². The van der Waals surface area contributed by atoms with Gasteiger partial charge in [0.2, 0.25) is 5.91 Å². The largest absolute Gasteiger partial charge is 0.492 e. The average molecular weight is 498 g/mol. The van der Waals surface area contributed by atoms with Crippen LogP contribution in [-0.4, -0.2) is 39.9 Å². The first-order chi connectivity index (χ1) is 15.4. The van der Waals surface area contributed by atoms with E-state index < -0.39 is 10.0 Å². The fourth-order valence-electron chi connectivity index (χ4n) is 3.18. The number of fused-ring (bicyclic) bond motifs is 1. The lowest BCUT2D eigenvalue weighted by atomic mass is 10.2. The Balaban J connectivity index is 1.26. The van der Waals surface area contributed by atoms with E-state index in [1.54, 1.807) is 42.5 Å². The molecule has 7 nitrogen and oxygen atoms in total. The Hall–Kier alpha value is -2.29. The van der Waals surface area contributed by atoms with E-state index in [1.165, 1.54) is 0 Å². The zero-order valence-electron chi connectivity index (χ0n) is 17.4. The van der Waals surface area contributed by atoms with Crippen LogP contribution in [-0.2, 0) is 14.8 Å². The number of aliphatic imine (C=N–C) groups is 1. The molecule has 2 aromatic rings. The van der Waals surface area contributed by atoms with Crippen molar-refractivity contribution in [3.63, 3.8) is 0 Å². The molecule has 3 rings (SSSR count). The number of hydrogen-bond donors (Lipinski definition) is 2. The molecule has 0 radical (unpaired) electrons. The molecule has 1 heterocycles. The van der Waals surface area contributed by atoms with Gasteiger partial charge in [-0.2, -0.15) is 0 Å². The summed E-state index contributed by atoms with van der Waals surface area (Å²) in [6.45, 7) is 1.46. The molecule has 0 aromatic heterocycles. The van der Waals surface area contributed by atoms with Crippen molar-refractivity contribution in [3.05, 3.63) is 58.1 Å². The highest BCUT2D eigenvalue weighted by atomic mass is 35.5. The molecule has 32 heavy (non-hydrogen) atoms. The van der Waals surface area contributed by atoms with E-state index in [0.29, 0.717) is 59.7 Å². The Morgan fingerprint density at radius 3 is 2.69 bits per heavy atom. The average Bonchev–Trinajstić information content (AvgIpc) is 3.02. The number of nitrogens with one attached hydrogen (secondary N) is 2. The van der Waals surface area contributed by atoms with Crippen molar-refractivity contribution in [2.75, 3.05) is 19.7 Å². The Bertz CT molecular complexity index is 1090. The summed E-state index contributed by atoms with van der Waals surface area (Å²) in [6, 6.07) is 11.8. The quantitative estimate of drug-likeness (QED) is 0.455. The topological polar surface area (TPSA) is 96.9 Å². The van der Waals surface area contributed by atoms with E-state index in [2.05, 4.69) is 15.0 Å². The fourth-order valence-corrected chi connectivity index (χ4v) is 4.89. The van der Waals surface area contributed by atoms with Gasteiger partial charge in [0.25, 0.3) is 10.0 Å². The minimum Gasteiger partial charge on any atom is -0.492 e. The van der Waals surface area contributed by atoms with Crippen LogP contribution < -0.4 is 14.8 Å². The Morgan fingerprint density at radius 2 is 1.88 bits per heavy atom. The van der Waals surface area contributed by atoms with Gasteiger partial charge in [-0.25, -0.2) is 8.42 Å². The number of carbonyl (C=O) groups excluding carboxylic acids is 1. The van der Waals surface area contributed by atoms with Crippen LogP contribution in [0.1, 0.15) is 37.7 Å². The van der Waals surface area contributed by atoms with Crippen molar-refractivity contribution in [2.45, 2.75) is 37.0 Å². The van der Waals surface area contributed by atoms with Gasteiger partial charge in [0.15, 0.2) is 0 Å². The number of halogens is 2. The Kier molecular flexibility index (Phi) is 8.78. The van der Waals surface area contributed by atoms with Gasteiger partial charge < -0.3 is 10.1 Å². The molecule has 0 fully saturated rings. The normalized spacial score (nSPS) is 15.2. The summed E-state index contributed by atoms with van der Waals surface area (Å²) in [6.07, 6.45) is 3.46. The number of benzene rings is 2. The molecule has 2 N–H and O–H groups in total. The van der Waals surface area contributed by atoms with Crippen LogP contribution in [0.3, 0.4) is 0 Å². The first-order valence-electron chi connectivity index (χ1n) is 10.4. The van der Waals surface area contributed by atoms with Crippen LogP contribution >= 0.6 is 23.2 Å². The van der Waals surface area contributed by atoms with Gasteiger partial charge in [-0.3, -0.25) is 14.5 Å². The number of sulfonamides is 1. The van der Waals surface area contributed by atoms with Crippen molar-refractivity contribution in [3.8, 4) is 5.75 Å². The number of nitrogens with zero attached hydrogens (tertiary/aromatic N) is 1. The van der Waals surface area contributed by atoms with Gasteiger partial charge in [-0.1, -0.05) is 41.8 Å². The minimum absolute atomic E-state index is 0.00156. The number of unbranched alkanes of at least 4 members (excludes halogenated alkanes) is 2. The third kappa shape index (κ3) is 6.85. The molecular weight excluding hydrogens is 473 g/mol. The summed E-state index contributed by atoms with van der Waals surface area (Å²) >= 11 is 11.9. The molecule has 0 saturated heterocycles. The third-order valence-electron chi connectivity index (χ3n) is 4.79. The molecule has 1 aliphatic rings. The van der Waals surface area contributed by atoms with Gasteiger partial charge in [-0.05, 0) is 49.6 Å². The van der Waals surface area contributed by atoms with Crippen LogP contribution in [0.25, 0.3) is 0 Å². The zero-order valence-corrected chi connectivity index (χ0v) is 19.8. The maximum absolute atomic E-state index is 12.0. The van der Waals surface area contributed by atoms with Crippen molar-refractivity contribution in [2.24, 2.45) is 4.99 Å². The molecule has 0 aliphatic carbocycles. The van der Waals surface area contributed by atoms with Gasteiger partial charge in [0.1, 0.15) is 11.6 Å². The summed E-state index contributed by atoms with van der Waals surface area (Å²) < 4.78 is 32.2. The number of ether oxygens (including phenoxy) is 1. The van der Waals surface area contributed by atoms with Crippen molar-refractivity contribution < 1.29 is 17.9 Å². The SMILES string of the molecule is O=C(CCCCCN=C1NS(=O)(=O)c2ccccc21)NCCCOc1ccc(Cl)cc1Cl. The first-order valence-corrected chi connectivity index (χ1v) is 12.6. The van der Waals surface area contributed by atoms with Crippen LogP contribution in [0.4, 0.5) is 0 Å². The van der Waals surface area contributed by atoms with Crippen molar-refractivity contribution in [1.82, 2.24) is 10.0 Å². The number of hydrogen-bond acceptors (Lipinski definition) is 5. The number of amides is 1. The van der Waals surface area contributed by atoms with E-state index in [0.717, 1.165) is 19.3 Å². The van der Waals surface area contributed by atoms with E-state index in [4.69, 9.17) is 27.9 Å². The number of carbonyl (C=O) groups is 1. The molecule has 0 atom stereocenters. The van der Waals surface area contributed by atoms with Crippen LogP contribution in [0.5, 0.6) is 5.75 Å². The molecule has 0 saturated carbocycles. The van der Waals surface area contributed by atoms with Crippen molar-refractivity contribution in [1.29, 1.82) is 0 Å². The molecule has 1 amide bonds. The molecule has 2 aromatic carbocycles. The predicted octanol–water partition coefficient (Wildman–Crippen LogP) is 4.18. The van der Waals surface area contributed by atoms with Gasteiger partial charge in [0.05, 0.1) is 16.5 Å². The predicted molar refractivity (Wildman–Crippen MR) is 126 cm³/mol. The lowest BCUT2D eigenvalue weighted by Gasteiger charge is -2.09. The fraction of sp³-hybridized carbons (Fsp3) is 0.364. The molecule has 1 aliphatic heterocycles. The highest BCUT2D eigenvalue weighted by molar-refractivity contribution is 7.90. The Labute approximate surface area is 198 Å². The molecule has 172 valence electrons. The van der Waals surface area contributed by atoms with Crippen molar-refractivity contribution >= 4 is 45.0 Å². The van der Waals surface area contributed by atoms with Crippen LogP contribution in [0.15, 0.2) is 52.4 Å². The van der Waals surface area contributed by atoms with Crippen LogP contribution in [0.2, 0.25) is 10.0 Å². The molecule has 0 spiro atoms. The van der Waals surface area contributed by atoms with Gasteiger partial charge in [0, 0.05) is 30.1 Å². The van der Waals surface area contributed by atoms with E-state index in [-0.39, 0.29) is 10.8 Å². The lowest BCUT2D eigenvalue weighted by molar-refractivity contribution is -0.121. The first kappa shape index (κ1) is 24.4. The summed E-state index contributed by atoms with van der Waals surface area (Å²) in [5.41, 5.74) is 0.606. The second-order valence-corrected chi connectivity index (χ2v) is 9.76. The van der Waals surface area contributed by atoms with Crippen LogP contribution in [0, 0.1) is 0 Å². The summed E-state index contributed by atoms with van der Waals surface area (Å²) in [4.78, 5) is 16.6. The highest BCUT2D eigenvalue weighted by Crippen LogP contribution is 2.27. The smallest absolute Gasteiger partial charge is 0.263 e. The molecule has 0 bridgehead atoms. The van der Waals surface area contributed by atoms with E-state index >= 15 is 0 Å². The highest BCUT2D eigenvalue weighted by Gasteiger charge is 2.29. The minimum atomic E-state index is -3.50. The summed E-state index contributed by atoms with van der Waals surface area (Å²) in [5, 5.41) is 3.88. The number of amidine groups is 1. The monoisotopic (exact) mass is 497 g/mol.